The molecule has 0 saturated carbocycles. The largest absolute Gasteiger partial charge is 0.294 e. The van der Waals surface area contributed by atoms with Gasteiger partial charge in [-0.1, -0.05) is 30.3 Å². The fourth-order valence-electron chi connectivity index (χ4n) is 1.09. The minimum absolute atomic E-state index is 0.0934. The van der Waals surface area contributed by atoms with E-state index in [1.54, 1.807) is 18.4 Å². The zero-order valence-electron chi connectivity index (χ0n) is 7.32. The molecule has 0 saturated heterocycles. The number of carbonyl (C=O) groups excluding carboxylic acids is 2. The Morgan fingerprint density at radius 1 is 1.23 bits per heavy atom. The van der Waals surface area contributed by atoms with E-state index in [1.807, 2.05) is 18.2 Å². The zero-order valence-corrected chi connectivity index (χ0v) is 7.32. The van der Waals surface area contributed by atoms with Crippen LogP contribution in [0.1, 0.15) is 29.6 Å². The Kier molecular flexibility index (Phi) is 3.89. The highest BCUT2D eigenvalue weighted by Crippen LogP contribution is 2.05. The third-order valence-corrected chi connectivity index (χ3v) is 1.78. The fraction of sp³-hybridized carbons (Fsp3) is 0.273. The van der Waals surface area contributed by atoms with Crippen LogP contribution in [0.3, 0.4) is 0 Å². The van der Waals surface area contributed by atoms with Crippen LogP contribution in [0, 0.1) is 0 Å². The summed E-state index contributed by atoms with van der Waals surface area (Å²) in [7, 11) is 0. The second-order valence-electron chi connectivity index (χ2n) is 2.79. The van der Waals surface area contributed by atoms with Crippen LogP contribution in [0.15, 0.2) is 30.3 Å². The van der Waals surface area contributed by atoms with Crippen molar-refractivity contribution in [1.29, 1.82) is 0 Å². The Labute approximate surface area is 77.6 Å². The van der Waals surface area contributed by atoms with Gasteiger partial charge in [-0.25, -0.2) is 0 Å². The van der Waals surface area contributed by atoms with Gasteiger partial charge in [-0.3, -0.25) is 9.59 Å². The first-order chi connectivity index (χ1) is 6.34. The second-order valence-corrected chi connectivity index (χ2v) is 2.79. The molecule has 0 atom stereocenters. The third-order valence-electron chi connectivity index (χ3n) is 1.78. The molecular weight excluding hydrogens is 164 g/mol. The number of Topliss-reactive ketones (excluding diaryl/α,β-unsaturated/α-hetero) is 1. The summed E-state index contributed by atoms with van der Waals surface area (Å²) in [6, 6.07) is 9.11. The highest BCUT2D eigenvalue weighted by Gasteiger charge is 2.03. The predicted molar refractivity (Wildman–Crippen MR) is 50.3 cm³/mol. The molecule has 2 heteroatoms. The Balaban J connectivity index is 2.45. The standard InChI is InChI=1S/C11H11O2/c12-9-5-4-8-11(13)10-6-2-1-3-7-10/h1-3,6-7H,4-5,8H2. The van der Waals surface area contributed by atoms with Gasteiger partial charge in [-0.05, 0) is 6.42 Å². The summed E-state index contributed by atoms with van der Waals surface area (Å²) in [6.45, 7) is 0. The van der Waals surface area contributed by atoms with Crippen molar-refractivity contribution in [2.75, 3.05) is 0 Å². The van der Waals surface area contributed by atoms with Gasteiger partial charge in [0.25, 0.3) is 0 Å². The second kappa shape index (κ2) is 5.25. The molecule has 1 aromatic carbocycles. The molecule has 0 aromatic heterocycles. The SMILES string of the molecule is O=[C]CCCC(=O)c1ccccc1. The first-order valence-corrected chi connectivity index (χ1v) is 4.28. The van der Waals surface area contributed by atoms with Gasteiger partial charge in [0.2, 0.25) is 0 Å². The predicted octanol–water partition coefficient (Wildman–Crippen LogP) is 2.15. The zero-order chi connectivity index (χ0) is 9.52. The van der Waals surface area contributed by atoms with Crippen molar-refractivity contribution in [3.05, 3.63) is 35.9 Å². The maximum Gasteiger partial charge on any atom is 0.198 e. The van der Waals surface area contributed by atoms with Gasteiger partial charge in [-0.2, -0.15) is 0 Å². The molecule has 67 valence electrons. The smallest absolute Gasteiger partial charge is 0.198 e. The molecule has 0 spiro atoms. The fourth-order valence-corrected chi connectivity index (χ4v) is 1.09. The molecule has 0 aliphatic carbocycles. The van der Waals surface area contributed by atoms with Crippen molar-refractivity contribution in [3.63, 3.8) is 0 Å². The summed E-state index contributed by atoms with van der Waals surface area (Å²) in [4.78, 5) is 21.3. The Bertz CT molecular complexity index is 277. The number of ketones is 1. The van der Waals surface area contributed by atoms with E-state index in [2.05, 4.69) is 0 Å². The molecular formula is C11H11O2. The summed E-state index contributed by atoms with van der Waals surface area (Å²) >= 11 is 0. The molecule has 0 aliphatic heterocycles. The van der Waals surface area contributed by atoms with Crippen LogP contribution in [-0.2, 0) is 4.79 Å². The van der Waals surface area contributed by atoms with Crippen molar-refractivity contribution < 1.29 is 9.59 Å². The number of unbranched alkanes of at least 4 members (excludes halogenated alkanes) is 1. The maximum absolute atomic E-state index is 11.4. The van der Waals surface area contributed by atoms with E-state index in [0.717, 1.165) is 0 Å². The molecule has 0 bridgehead atoms. The van der Waals surface area contributed by atoms with Crippen LogP contribution in [0.4, 0.5) is 0 Å². The topological polar surface area (TPSA) is 34.1 Å². The maximum atomic E-state index is 11.4. The lowest BCUT2D eigenvalue weighted by Gasteiger charge is -1.97. The van der Waals surface area contributed by atoms with E-state index in [1.165, 1.54) is 0 Å². The van der Waals surface area contributed by atoms with Gasteiger partial charge < -0.3 is 0 Å². The molecule has 0 unspecified atom stereocenters. The summed E-state index contributed by atoms with van der Waals surface area (Å²) in [5, 5.41) is 0. The van der Waals surface area contributed by atoms with E-state index >= 15 is 0 Å². The third kappa shape index (κ3) is 3.20. The Morgan fingerprint density at radius 2 is 1.92 bits per heavy atom. The van der Waals surface area contributed by atoms with Gasteiger partial charge in [0.15, 0.2) is 12.1 Å². The van der Waals surface area contributed by atoms with Crippen LogP contribution in [0.25, 0.3) is 0 Å². The van der Waals surface area contributed by atoms with Crippen LogP contribution in [-0.4, -0.2) is 12.1 Å². The molecule has 0 amide bonds. The van der Waals surface area contributed by atoms with Crippen molar-refractivity contribution in [2.24, 2.45) is 0 Å². The molecule has 13 heavy (non-hydrogen) atoms. The number of benzene rings is 1. The average Bonchev–Trinajstić information content (AvgIpc) is 2.19. The summed E-state index contributed by atoms with van der Waals surface area (Å²) in [5.41, 5.74) is 0.716. The van der Waals surface area contributed by atoms with Crippen molar-refractivity contribution >= 4 is 12.1 Å². The number of carbonyl (C=O) groups is 1. The van der Waals surface area contributed by atoms with Crippen molar-refractivity contribution in [3.8, 4) is 0 Å². The Hall–Kier alpha value is -1.44. The van der Waals surface area contributed by atoms with E-state index in [-0.39, 0.29) is 5.78 Å². The van der Waals surface area contributed by atoms with Crippen molar-refractivity contribution in [2.45, 2.75) is 19.3 Å². The van der Waals surface area contributed by atoms with Crippen LogP contribution >= 0.6 is 0 Å². The first-order valence-electron chi connectivity index (χ1n) is 4.28. The van der Waals surface area contributed by atoms with Gasteiger partial charge in [0.1, 0.15) is 0 Å². The van der Waals surface area contributed by atoms with Crippen molar-refractivity contribution in [1.82, 2.24) is 0 Å². The molecule has 1 rings (SSSR count). The minimum atomic E-state index is 0.0934. The molecule has 1 radical (unpaired) electrons. The summed E-state index contributed by atoms with van der Waals surface area (Å²) in [5.74, 6) is 0.0934. The lowest BCUT2D eigenvalue weighted by atomic mass is 10.1. The molecule has 0 aliphatic rings. The highest BCUT2D eigenvalue weighted by atomic mass is 16.1. The molecule has 0 N–H and O–H groups in total. The van der Waals surface area contributed by atoms with E-state index in [4.69, 9.17) is 0 Å². The number of hydrogen-bond acceptors (Lipinski definition) is 2. The first kappa shape index (κ1) is 9.65. The van der Waals surface area contributed by atoms with Crippen LogP contribution in [0.5, 0.6) is 0 Å². The van der Waals surface area contributed by atoms with E-state index in [0.29, 0.717) is 24.8 Å². The quantitative estimate of drug-likeness (QED) is 0.507. The highest BCUT2D eigenvalue weighted by molar-refractivity contribution is 5.96. The van der Waals surface area contributed by atoms with Crippen LogP contribution in [0.2, 0.25) is 0 Å². The lowest BCUT2D eigenvalue weighted by Crippen LogP contribution is -1.98. The summed E-state index contributed by atoms with van der Waals surface area (Å²) < 4.78 is 0. The normalized spacial score (nSPS) is 9.54. The molecule has 0 fully saturated rings. The number of hydrogen-bond donors (Lipinski definition) is 0. The molecule has 0 heterocycles. The van der Waals surface area contributed by atoms with Gasteiger partial charge in [-0.15, -0.1) is 0 Å². The Morgan fingerprint density at radius 3 is 2.54 bits per heavy atom. The minimum Gasteiger partial charge on any atom is -0.294 e. The molecule has 2 nitrogen and oxygen atoms in total. The van der Waals surface area contributed by atoms with Gasteiger partial charge in [0, 0.05) is 18.4 Å². The van der Waals surface area contributed by atoms with E-state index < -0.39 is 0 Å². The monoisotopic (exact) mass is 175 g/mol. The van der Waals surface area contributed by atoms with Gasteiger partial charge in [0.05, 0.1) is 0 Å². The lowest BCUT2D eigenvalue weighted by molar-refractivity contribution is 0.0981. The van der Waals surface area contributed by atoms with Crippen LogP contribution < -0.4 is 0 Å². The number of rotatable bonds is 5. The van der Waals surface area contributed by atoms with E-state index in [9.17, 15) is 9.59 Å². The molecule has 1 aromatic rings. The summed E-state index contributed by atoms with van der Waals surface area (Å²) in [6.07, 6.45) is 3.14. The average molecular weight is 175 g/mol. The van der Waals surface area contributed by atoms with Gasteiger partial charge >= 0.3 is 0 Å².